The second kappa shape index (κ2) is 5.08. The minimum atomic E-state index is -0.818. The number of carbonyl (C=O) groups is 2. The fourth-order valence-electron chi connectivity index (χ4n) is 7.29. The Morgan fingerprint density at radius 3 is 2.31 bits per heavy atom. The van der Waals surface area contributed by atoms with Gasteiger partial charge in [0.1, 0.15) is 11.6 Å². The van der Waals surface area contributed by atoms with E-state index in [1.54, 1.807) is 0 Å². The molecule has 0 amide bonds. The van der Waals surface area contributed by atoms with Crippen molar-refractivity contribution in [3.05, 3.63) is 11.6 Å². The predicted octanol–water partition coefficient (Wildman–Crippen LogP) is 3.06. The highest BCUT2D eigenvalue weighted by molar-refractivity contribution is 5.92. The van der Waals surface area contributed by atoms with Gasteiger partial charge < -0.3 is 10.2 Å². The van der Waals surface area contributed by atoms with Crippen molar-refractivity contribution >= 4 is 11.6 Å². The van der Waals surface area contributed by atoms with Crippen LogP contribution in [-0.2, 0) is 9.59 Å². The molecule has 0 aromatic rings. The second-order valence-electron chi connectivity index (χ2n) is 10.7. The third-order valence-electron chi connectivity index (χ3n) is 9.17. The Hall–Kier alpha value is -1.00. The maximum atomic E-state index is 13.5. The third-order valence-corrected chi connectivity index (χ3v) is 9.17. The van der Waals surface area contributed by atoms with Crippen LogP contribution >= 0.6 is 0 Å². The van der Waals surface area contributed by atoms with Crippen LogP contribution in [0.5, 0.6) is 0 Å². The van der Waals surface area contributed by atoms with Crippen LogP contribution in [0.15, 0.2) is 11.6 Å². The van der Waals surface area contributed by atoms with Gasteiger partial charge in [0, 0.05) is 30.1 Å². The minimum Gasteiger partial charge on any atom is -0.390 e. The molecule has 0 aliphatic heterocycles. The summed E-state index contributed by atoms with van der Waals surface area (Å²) in [5.41, 5.74) is -0.414. The van der Waals surface area contributed by atoms with Gasteiger partial charge in [-0.2, -0.15) is 0 Å². The van der Waals surface area contributed by atoms with E-state index in [-0.39, 0.29) is 34.2 Å². The average Bonchev–Trinajstić information content (AvgIpc) is 2.75. The van der Waals surface area contributed by atoms with Crippen molar-refractivity contribution in [1.82, 2.24) is 0 Å². The van der Waals surface area contributed by atoms with Gasteiger partial charge in [0.05, 0.1) is 12.2 Å². The zero-order valence-corrected chi connectivity index (χ0v) is 16.6. The van der Waals surface area contributed by atoms with Crippen LogP contribution in [0.2, 0.25) is 0 Å². The number of allylic oxidation sites excluding steroid dienone is 1. The molecule has 4 heteroatoms. The molecule has 4 nitrogen and oxygen atoms in total. The summed E-state index contributed by atoms with van der Waals surface area (Å²) in [7, 11) is 0. The van der Waals surface area contributed by atoms with Gasteiger partial charge in [0.25, 0.3) is 0 Å². The van der Waals surface area contributed by atoms with Gasteiger partial charge in [-0.05, 0) is 35.5 Å². The molecule has 144 valence electrons. The zero-order valence-electron chi connectivity index (χ0n) is 16.6. The molecule has 4 aliphatic rings. The lowest BCUT2D eigenvalue weighted by Gasteiger charge is -2.63. The summed E-state index contributed by atoms with van der Waals surface area (Å²) in [4.78, 5) is 25.9. The van der Waals surface area contributed by atoms with Crippen LogP contribution in [0.4, 0.5) is 0 Å². The third kappa shape index (κ3) is 1.93. The summed E-state index contributed by atoms with van der Waals surface area (Å²) in [5, 5.41) is 21.1. The molecule has 3 fully saturated rings. The standard InChI is InChI=1S/C22H32O4/c1-19(2)13-6-7-16-21(4)10-12(23)9-20(21,3)11-17(25)22(16,5)14(13)8-15(24)18(19)26/h6,14-16,18,24,26H,7-11H2,1-5H3/t14-,15+,16+,18+,20+,21+,22+/m1/s1. The molecule has 0 unspecified atom stereocenters. The highest BCUT2D eigenvalue weighted by Gasteiger charge is 2.69. The van der Waals surface area contributed by atoms with E-state index in [2.05, 4.69) is 26.8 Å². The number of fused-ring (bicyclic) bond motifs is 5. The fourth-order valence-corrected chi connectivity index (χ4v) is 7.29. The van der Waals surface area contributed by atoms with E-state index in [1.807, 2.05) is 13.8 Å². The smallest absolute Gasteiger partial charge is 0.140 e. The molecule has 7 atom stereocenters. The van der Waals surface area contributed by atoms with E-state index in [4.69, 9.17) is 0 Å². The number of Topliss-reactive ketones (excluding diaryl/α,β-unsaturated/α-hetero) is 2. The molecule has 0 aromatic heterocycles. The maximum absolute atomic E-state index is 13.5. The molecule has 4 rings (SSSR count). The second-order valence-corrected chi connectivity index (χ2v) is 10.7. The molecule has 0 bridgehead atoms. The van der Waals surface area contributed by atoms with Gasteiger partial charge in [-0.1, -0.05) is 46.3 Å². The van der Waals surface area contributed by atoms with Gasteiger partial charge in [0.15, 0.2) is 0 Å². The summed E-state index contributed by atoms with van der Waals surface area (Å²) in [5.74, 6) is 0.576. The van der Waals surface area contributed by atoms with Crippen LogP contribution in [0.25, 0.3) is 0 Å². The molecular weight excluding hydrogens is 328 g/mol. The maximum Gasteiger partial charge on any atom is 0.140 e. The Bertz CT molecular complexity index is 722. The Morgan fingerprint density at radius 2 is 1.65 bits per heavy atom. The Morgan fingerprint density at radius 1 is 1.00 bits per heavy atom. The van der Waals surface area contributed by atoms with Crippen LogP contribution < -0.4 is 0 Å². The van der Waals surface area contributed by atoms with Crippen molar-refractivity contribution in [3.8, 4) is 0 Å². The molecule has 2 N–H and O–H groups in total. The summed E-state index contributed by atoms with van der Waals surface area (Å²) in [6.45, 7) is 10.4. The summed E-state index contributed by atoms with van der Waals surface area (Å²) >= 11 is 0. The Kier molecular flexibility index (Phi) is 3.59. The van der Waals surface area contributed by atoms with E-state index in [0.29, 0.717) is 25.7 Å². The number of aliphatic hydroxyl groups excluding tert-OH is 2. The number of aliphatic hydroxyl groups is 2. The van der Waals surface area contributed by atoms with E-state index in [0.717, 1.165) is 12.0 Å². The number of hydrogen-bond donors (Lipinski definition) is 2. The van der Waals surface area contributed by atoms with Gasteiger partial charge in [0.2, 0.25) is 0 Å². The minimum absolute atomic E-state index is 0.0563. The van der Waals surface area contributed by atoms with Gasteiger partial charge in [-0.25, -0.2) is 0 Å². The normalized spacial score (nSPS) is 52.8. The topological polar surface area (TPSA) is 74.6 Å². The van der Waals surface area contributed by atoms with Crippen molar-refractivity contribution in [3.63, 3.8) is 0 Å². The van der Waals surface area contributed by atoms with Crippen molar-refractivity contribution in [2.75, 3.05) is 0 Å². The van der Waals surface area contributed by atoms with Crippen LogP contribution in [0.3, 0.4) is 0 Å². The average molecular weight is 360 g/mol. The monoisotopic (exact) mass is 360 g/mol. The zero-order chi connectivity index (χ0) is 19.3. The first-order chi connectivity index (χ1) is 11.9. The van der Waals surface area contributed by atoms with Gasteiger partial charge >= 0.3 is 0 Å². The number of hydrogen-bond acceptors (Lipinski definition) is 4. The van der Waals surface area contributed by atoms with Crippen LogP contribution in [0.1, 0.15) is 66.7 Å². The van der Waals surface area contributed by atoms with Gasteiger partial charge in [-0.3, -0.25) is 9.59 Å². The summed E-state index contributed by atoms with van der Waals surface area (Å²) in [6, 6.07) is 0. The first kappa shape index (κ1) is 18.4. The number of ketones is 2. The SMILES string of the molecule is CC1(C)C2=CC[C@@H]3[C@@](C)(C(=O)C[C@]4(C)CC(=O)C[C@@]34C)[C@@H]2C[C@H](O)[C@@H]1O. The van der Waals surface area contributed by atoms with E-state index in [1.165, 1.54) is 0 Å². The lowest BCUT2D eigenvalue weighted by molar-refractivity contribution is -0.171. The molecule has 3 saturated carbocycles. The molecule has 0 saturated heterocycles. The molecule has 0 spiro atoms. The lowest BCUT2D eigenvalue weighted by Crippen LogP contribution is -2.63. The molecular formula is C22H32O4. The lowest BCUT2D eigenvalue weighted by atomic mass is 9.39. The van der Waals surface area contributed by atoms with E-state index in [9.17, 15) is 19.8 Å². The first-order valence-corrected chi connectivity index (χ1v) is 9.99. The molecule has 4 aliphatic carbocycles. The molecule has 26 heavy (non-hydrogen) atoms. The van der Waals surface area contributed by atoms with E-state index < -0.39 is 23.0 Å². The first-order valence-electron chi connectivity index (χ1n) is 9.99. The Labute approximate surface area is 156 Å². The van der Waals surface area contributed by atoms with E-state index >= 15 is 0 Å². The highest BCUT2D eigenvalue weighted by Crippen LogP contribution is 2.71. The quantitative estimate of drug-likeness (QED) is 0.651. The van der Waals surface area contributed by atoms with Crippen LogP contribution in [-0.4, -0.2) is 34.0 Å². The molecule has 0 radical (unpaired) electrons. The molecule has 0 heterocycles. The predicted molar refractivity (Wildman–Crippen MR) is 98.3 cm³/mol. The Balaban J connectivity index is 1.87. The van der Waals surface area contributed by atoms with Crippen molar-refractivity contribution in [2.45, 2.75) is 78.9 Å². The van der Waals surface area contributed by atoms with Crippen LogP contribution in [0, 0.1) is 33.5 Å². The van der Waals surface area contributed by atoms with Gasteiger partial charge in [-0.15, -0.1) is 0 Å². The molecule has 0 aromatic carbocycles. The largest absolute Gasteiger partial charge is 0.390 e. The summed E-state index contributed by atoms with van der Waals surface area (Å²) < 4.78 is 0. The van der Waals surface area contributed by atoms with Crippen molar-refractivity contribution in [2.24, 2.45) is 33.5 Å². The number of carbonyl (C=O) groups excluding carboxylic acids is 2. The number of rotatable bonds is 0. The summed E-state index contributed by atoms with van der Waals surface area (Å²) in [6.07, 6.45) is 3.32. The van der Waals surface area contributed by atoms with Crippen molar-refractivity contribution in [1.29, 1.82) is 0 Å². The van der Waals surface area contributed by atoms with Crippen molar-refractivity contribution < 1.29 is 19.8 Å². The fraction of sp³-hybridized carbons (Fsp3) is 0.818. The highest BCUT2D eigenvalue weighted by atomic mass is 16.3.